The van der Waals surface area contributed by atoms with Gasteiger partial charge in [-0.1, -0.05) is 24.6 Å². The van der Waals surface area contributed by atoms with E-state index in [0.29, 0.717) is 19.4 Å². The first-order valence-electron chi connectivity index (χ1n) is 9.27. The lowest BCUT2D eigenvalue weighted by molar-refractivity contribution is -0.181. The number of fused-ring (bicyclic) bond motifs is 2. The van der Waals surface area contributed by atoms with Crippen LogP contribution in [0.4, 0.5) is 0 Å². The molecule has 0 unspecified atom stereocenters. The van der Waals surface area contributed by atoms with Gasteiger partial charge in [0.2, 0.25) is 5.91 Å². The minimum absolute atomic E-state index is 0.0271. The number of ether oxygens (including phenoxy) is 1. The van der Waals surface area contributed by atoms with Crippen LogP contribution in [-0.4, -0.2) is 29.6 Å². The number of carboxylic acid groups (broad SMARTS) is 1. The largest absolute Gasteiger partial charge is 0.493 e. The molecule has 2 atom stereocenters. The van der Waals surface area contributed by atoms with Crippen molar-refractivity contribution < 1.29 is 19.4 Å². The van der Waals surface area contributed by atoms with Crippen LogP contribution in [0.15, 0.2) is 24.3 Å². The fraction of sp³-hybridized carbons (Fsp3) is 0.600. The highest BCUT2D eigenvalue weighted by atomic mass is 16.5. The normalized spacial score (nSPS) is 32.7. The molecule has 1 aromatic carbocycles. The minimum Gasteiger partial charge on any atom is -0.493 e. The maximum atomic E-state index is 12.9. The molecule has 4 aliphatic rings. The molecule has 3 aliphatic carbocycles. The topological polar surface area (TPSA) is 75.6 Å². The number of para-hydroxylation sites is 1. The van der Waals surface area contributed by atoms with Crippen molar-refractivity contribution in [2.75, 3.05) is 6.61 Å². The van der Waals surface area contributed by atoms with Gasteiger partial charge >= 0.3 is 5.97 Å². The Morgan fingerprint density at radius 1 is 1.16 bits per heavy atom. The van der Waals surface area contributed by atoms with E-state index in [-0.39, 0.29) is 22.8 Å². The SMILES string of the molecule is O=C(O)C1(C(=O)N[C@@H]2C[C@]23CCOc2ccccc23)CC2(CCC2)C1. The lowest BCUT2D eigenvalue weighted by Gasteiger charge is -2.58. The van der Waals surface area contributed by atoms with Gasteiger partial charge in [0.05, 0.1) is 6.61 Å². The second-order valence-corrected chi connectivity index (χ2v) is 8.58. The standard InChI is InChI=1S/C20H23NO4/c22-16(20(17(23)24)11-18(12-20)6-3-7-18)21-15-10-19(15)8-9-25-14-5-2-1-4-13(14)19/h1-2,4-5,15H,3,6-12H2,(H,21,22)(H,23,24)/t15-,19+/m1/s1. The summed E-state index contributed by atoms with van der Waals surface area (Å²) >= 11 is 0. The molecule has 5 heteroatoms. The number of carboxylic acids is 1. The number of aliphatic carboxylic acids is 1. The molecule has 1 amide bonds. The fourth-order valence-corrected chi connectivity index (χ4v) is 5.51. The zero-order valence-electron chi connectivity index (χ0n) is 14.2. The molecule has 5 nitrogen and oxygen atoms in total. The molecule has 0 aromatic heterocycles. The molecule has 0 radical (unpaired) electrons. The molecular formula is C20H23NO4. The summed E-state index contributed by atoms with van der Waals surface area (Å²) in [6.45, 7) is 0.649. The molecule has 3 fully saturated rings. The summed E-state index contributed by atoms with van der Waals surface area (Å²) < 4.78 is 5.73. The molecule has 1 aromatic rings. The maximum absolute atomic E-state index is 12.9. The van der Waals surface area contributed by atoms with Crippen LogP contribution in [0, 0.1) is 10.8 Å². The van der Waals surface area contributed by atoms with Crippen molar-refractivity contribution >= 4 is 11.9 Å². The highest BCUT2D eigenvalue weighted by Crippen LogP contribution is 2.65. The van der Waals surface area contributed by atoms with Gasteiger partial charge in [-0.3, -0.25) is 9.59 Å². The molecule has 1 aliphatic heterocycles. The zero-order chi connectivity index (χ0) is 17.3. The number of hydrogen-bond donors (Lipinski definition) is 2. The minimum atomic E-state index is -1.20. The van der Waals surface area contributed by atoms with E-state index in [1.807, 2.05) is 18.2 Å². The molecular weight excluding hydrogens is 318 g/mol. The first kappa shape index (κ1) is 15.2. The molecule has 3 saturated carbocycles. The van der Waals surface area contributed by atoms with E-state index in [1.165, 1.54) is 6.42 Å². The van der Waals surface area contributed by atoms with Crippen LogP contribution in [-0.2, 0) is 15.0 Å². The third-order valence-electron chi connectivity index (χ3n) is 7.22. The van der Waals surface area contributed by atoms with Gasteiger partial charge in [-0.2, -0.15) is 0 Å². The third-order valence-corrected chi connectivity index (χ3v) is 7.22. The Bertz CT molecular complexity index is 761. The van der Waals surface area contributed by atoms with Crippen molar-refractivity contribution in [1.82, 2.24) is 5.32 Å². The van der Waals surface area contributed by atoms with E-state index in [1.54, 1.807) is 0 Å². The Morgan fingerprint density at radius 3 is 2.60 bits per heavy atom. The lowest BCUT2D eigenvalue weighted by atomic mass is 9.45. The first-order chi connectivity index (χ1) is 12.0. The number of rotatable bonds is 3. The van der Waals surface area contributed by atoms with Gasteiger partial charge in [0.25, 0.3) is 0 Å². The summed E-state index contributed by atoms with van der Waals surface area (Å²) in [4.78, 5) is 24.7. The van der Waals surface area contributed by atoms with Crippen molar-refractivity contribution in [1.29, 1.82) is 0 Å². The van der Waals surface area contributed by atoms with E-state index < -0.39 is 11.4 Å². The van der Waals surface area contributed by atoms with Gasteiger partial charge in [0.1, 0.15) is 11.2 Å². The summed E-state index contributed by atoms with van der Waals surface area (Å²) in [6, 6.07) is 8.02. The molecule has 0 saturated heterocycles. The molecule has 5 rings (SSSR count). The number of carbonyl (C=O) groups is 2. The van der Waals surface area contributed by atoms with E-state index >= 15 is 0 Å². The van der Waals surface area contributed by atoms with Crippen molar-refractivity contribution in [3.63, 3.8) is 0 Å². The molecule has 132 valence electrons. The van der Waals surface area contributed by atoms with Crippen molar-refractivity contribution in [3.05, 3.63) is 29.8 Å². The number of amides is 1. The summed E-state index contributed by atoms with van der Waals surface area (Å²) in [5, 5.41) is 12.8. The average Bonchev–Trinajstić information content (AvgIpc) is 3.18. The Kier molecular flexibility index (Phi) is 2.91. The predicted molar refractivity (Wildman–Crippen MR) is 90.4 cm³/mol. The smallest absolute Gasteiger partial charge is 0.319 e. The third kappa shape index (κ3) is 1.95. The lowest BCUT2D eigenvalue weighted by Crippen LogP contribution is -2.61. The second-order valence-electron chi connectivity index (χ2n) is 8.58. The quantitative estimate of drug-likeness (QED) is 0.829. The summed E-state index contributed by atoms with van der Waals surface area (Å²) in [5.41, 5.74) is 0.0270. The Morgan fingerprint density at radius 2 is 1.92 bits per heavy atom. The average molecular weight is 341 g/mol. The van der Waals surface area contributed by atoms with Gasteiger partial charge < -0.3 is 15.2 Å². The van der Waals surface area contributed by atoms with Crippen molar-refractivity contribution in [3.8, 4) is 5.75 Å². The summed E-state index contributed by atoms with van der Waals surface area (Å²) in [6.07, 6.45) is 6.10. The van der Waals surface area contributed by atoms with E-state index in [9.17, 15) is 14.7 Å². The van der Waals surface area contributed by atoms with Gasteiger partial charge in [-0.25, -0.2) is 0 Å². The first-order valence-corrected chi connectivity index (χ1v) is 9.27. The highest BCUT2D eigenvalue weighted by Gasteiger charge is 2.67. The summed E-state index contributed by atoms with van der Waals surface area (Å²) in [7, 11) is 0. The monoisotopic (exact) mass is 341 g/mol. The molecule has 25 heavy (non-hydrogen) atoms. The molecule has 0 bridgehead atoms. The Balaban J connectivity index is 1.34. The Labute approximate surface area is 146 Å². The number of nitrogens with one attached hydrogen (secondary N) is 1. The zero-order valence-corrected chi connectivity index (χ0v) is 14.2. The molecule has 1 heterocycles. The van der Waals surface area contributed by atoms with E-state index in [2.05, 4.69) is 11.4 Å². The second kappa shape index (κ2) is 4.77. The molecule has 2 N–H and O–H groups in total. The number of carbonyl (C=O) groups excluding carboxylic acids is 1. The van der Waals surface area contributed by atoms with Crippen molar-refractivity contribution in [2.45, 2.75) is 56.4 Å². The Hall–Kier alpha value is -2.04. The van der Waals surface area contributed by atoms with Gasteiger partial charge in [-0.05, 0) is 50.0 Å². The van der Waals surface area contributed by atoms with E-state index in [0.717, 1.165) is 37.0 Å². The van der Waals surface area contributed by atoms with Gasteiger partial charge in [0.15, 0.2) is 0 Å². The van der Waals surface area contributed by atoms with Crippen LogP contribution in [0.3, 0.4) is 0 Å². The predicted octanol–water partition coefficient (Wildman–Crippen LogP) is 2.63. The van der Waals surface area contributed by atoms with E-state index in [4.69, 9.17) is 4.74 Å². The summed E-state index contributed by atoms with van der Waals surface area (Å²) in [5.74, 6) is -0.330. The van der Waals surface area contributed by atoms with Crippen LogP contribution < -0.4 is 10.1 Å². The van der Waals surface area contributed by atoms with Crippen LogP contribution in [0.1, 0.15) is 50.5 Å². The number of benzene rings is 1. The molecule has 2 spiro atoms. The number of hydrogen-bond acceptors (Lipinski definition) is 3. The van der Waals surface area contributed by atoms with Crippen LogP contribution in [0.25, 0.3) is 0 Å². The van der Waals surface area contributed by atoms with Gasteiger partial charge in [-0.15, -0.1) is 0 Å². The van der Waals surface area contributed by atoms with Crippen molar-refractivity contribution in [2.24, 2.45) is 10.8 Å². The van der Waals surface area contributed by atoms with Crippen LogP contribution in [0.5, 0.6) is 5.75 Å². The van der Waals surface area contributed by atoms with Gasteiger partial charge in [0, 0.05) is 17.0 Å². The van der Waals surface area contributed by atoms with Crippen LogP contribution >= 0.6 is 0 Å². The van der Waals surface area contributed by atoms with Crippen LogP contribution in [0.2, 0.25) is 0 Å². The highest BCUT2D eigenvalue weighted by molar-refractivity contribution is 6.03. The fourth-order valence-electron chi connectivity index (χ4n) is 5.51. The maximum Gasteiger partial charge on any atom is 0.319 e.